The van der Waals surface area contributed by atoms with Crippen LogP contribution in [0.25, 0.3) is 0 Å². The molecule has 0 aromatic rings. The molecular weight excluding hydrogens is 552 g/mol. The number of aliphatic hydroxyl groups excluding tert-OH is 1. The van der Waals surface area contributed by atoms with Gasteiger partial charge in [0, 0.05) is 30.5 Å². The summed E-state index contributed by atoms with van der Waals surface area (Å²) in [5.41, 5.74) is -0.325. The van der Waals surface area contributed by atoms with Crippen molar-refractivity contribution in [2.45, 2.75) is 116 Å². The lowest BCUT2D eigenvalue weighted by atomic mass is 9.43. The lowest BCUT2D eigenvalue weighted by Crippen LogP contribution is -2.66. The minimum atomic E-state index is -0.523. The average Bonchev–Trinajstić information content (AvgIpc) is 3.20. The SMILES string of the molecule is CCOC(=O)CC[C@H](C)[C@H]1CC[C@@H]2[C@@H]3[C@H](O)[C@H](Br)[C@@H]4C[C@H](OC(C)=O)CC[C@]4(C)[C@H]3C[C@H](OC(C)=O)[C@@]21C. The van der Waals surface area contributed by atoms with Crippen molar-refractivity contribution in [3.63, 3.8) is 0 Å². The first-order valence-electron chi connectivity index (χ1n) is 14.7. The van der Waals surface area contributed by atoms with Crippen molar-refractivity contribution >= 4 is 33.8 Å². The van der Waals surface area contributed by atoms with E-state index in [1.807, 2.05) is 6.92 Å². The number of ether oxygens (including phenoxy) is 3. The summed E-state index contributed by atoms with van der Waals surface area (Å²) in [6.07, 6.45) is 5.46. The van der Waals surface area contributed by atoms with Gasteiger partial charge in [-0.2, -0.15) is 0 Å². The Labute approximate surface area is 236 Å². The van der Waals surface area contributed by atoms with Crippen molar-refractivity contribution in [3.05, 3.63) is 0 Å². The third-order valence-electron chi connectivity index (χ3n) is 11.2. The Kier molecular flexibility index (Phi) is 8.93. The van der Waals surface area contributed by atoms with Crippen molar-refractivity contribution in [3.8, 4) is 0 Å². The zero-order valence-corrected chi connectivity index (χ0v) is 25.5. The standard InChI is InChI=1S/C30H47BrO7/c1-7-36-25(34)11-8-16(2)20-9-10-21-26-22(15-24(30(20,21)6)38-18(4)33)29(5)13-12-19(37-17(3)32)14-23(29)27(31)28(26)35/h16,19-24,26-28,35H,7-15H2,1-6H3/t16-,19+,20+,21+,22-,23-,24-,26-,27+,28-,29+,30+/m0/s1. The second-order valence-electron chi connectivity index (χ2n) is 13.0. The molecule has 0 aromatic carbocycles. The number of hydrogen-bond donors (Lipinski definition) is 1. The summed E-state index contributed by atoms with van der Waals surface area (Å²) in [6.45, 7) is 12.0. The quantitative estimate of drug-likeness (QED) is 0.236. The van der Waals surface area contributed by atoms with Gasteiger partial charge < -0.3 is 19.3 Å². The molecule has 0 aliphatic heterocycles. The zero-order valence-electron chi connectivity index (χ0n) is 23.9. The molecule has 0 amide bonds. The highest BCUT2D eigenvalue weighted by atomic mass is 79.9. The first kappa shape index (κ1) is 29.8. The summed E-state index contributed by atoms with van der Waals surface area (Å²) in [4.78, 5) is 36.1. The van der Waals surface area contributed by atoms with Crippen LogP contribution >= 0.6 is 15.9 Å². The maximum Gasteiger partial charge on any atom is 0.305 e. The van der Waals surface area contributed by atoms with Gasteiger partial charge in [-0.1, -0.05) is 36.7 Å². The molecule has 0 heterocycles. The van der Waals surface area contributed by atoms with Crippen molar-refractivity contribution in [2.24, 2.45) is 46.3 Å². The van der Waals surface area contributed by atoms with E-state index in [1.54, 1.807) is 0 Å². The van der Waals surface area contributed by atoms with E-state index in [9.17, 15) is 19.5 Å². The summed E-state index contributed by atoms with van der Waals surface area (Å²) in [5, 5.41) is 11.9. The summed E-state index contributed by atoms with van der Waals surface area (Å²) >= 11 is 3.93. The van der Waals surface area contributed by atoms with Gasteiger partial charge in [0.25, 0.3) is 0 Å². The highest BCUT2D eigenvalue weighted by molar-refractivity contribution is 9.09. The molecule has 1 N–H and O–H groups in total. The molecule has 7 nitrogen and oxygen atoms in total. The van der Waals surface area contributed by atoms with E-state index >= 15 is 0 Å². The molecule has 0 unspecified atom stereocenters. The van der Waals surface area contributed by atoms with Crippen LogP contribution in [0.4, 0.5) is 0 Å². The minimum absolute atomic E-state index is 0.0535. The molecule has 0 aromatic heterocycles. The summed E-state index contributed by atoms with van der Waals surface area (Å²) < 4.78 is 17.0. The molecule has 0 saturated heterocycles. The first-order valence-corrected chi connectivity index (χ1v) is 15.6. The molecule has 12 atom stereocenters. The number of alkyl halides is 1. The van der Waals surface area contributed by atoms with Crippen LogP contribution in [0, 0.1) is 46.3 Å². The fraction of sp³-hybridized carbons (Fsp3) is 0.900. The number of carbonyl (C=O) groups is 3. The van der Waals surface area contributed by atoms with Crippen LogP contribution in [0.2, 0.25) is 0 Å². The molecule has 216 valence electrons. The smallest absolute Gasteiger partial charge is 0.305 e. The molecule has 4 aliphatic rings. The van der Waals surface area contributed by atoms with Gasteiger partial charge in [0.2, 0.25) is 0 Å². The molecule has 4 rings (SSSR count). The number of carbonyl (C=O) groups excluding carboxylic acids is 3. The van der Waals surface area contributed by atoms with E-state index in [1.165, 1.54) is 13.8 Å². The summed E-state index contributed by atoms with van der Waals surface area (Å²) in [7, 11) is 0. The van der Waals surface area contributed by atoms with E-state index in [4.69, 9.17) is 14.2 Å². The van der Waals surface area contributed by atoms with Crippen molar-refractivity contribution in [1.82, 2.24) is 0 Å². The van der Waals surface area contributed by atoms with Crippen LogP contribution in [0.3, 0.4) is 0 Å². The van der Waals surface area contributed by atoms with Crippen LogP contribution in [0.1, 0.15) is 92.9 Å². The maximum absolute atomic E-state index is 12.4. The van der Waals surface area contributed by atoms with Gasteiger partial charge >= 0.3 is 17.9 Å². The van der Waals surface area contributed by atoms with Crippen LogP contribution in [-0.2, 0) is 28.6 Å². The minimum Gasteiger partial charge on any atom is -0.466 e. The zero-order chi connectivity index (χ0) is 28.0. The van der Waals surface area contributed by atoms with Crippen molar-refractivity contribution in [1.29, 1.82) is 0 Å². The van der Waals surface area contributed by atoms with Gasteiger partial charge in [-0.15, -0.1) is 0 Å². The second-order valence-corrected chi connectivity index (χ2v) is 14.1. The molecule has 8 heteroatoms. The lowest BCUT2D eigenvalue weighted by molar-refractivity contribution is -0.215. The largest absolute Gasteiger partial charge is 0.466 e. The number of rotatable bonds is 7. The fourth-order valence-corrected chi connectivity index (χ4v) is 10.7. The number of aliphatic hydroxyl groups is 1. The Morgan fingerprint density at radius 1 is 1.00 bits per heavy atom. The molecule has 4 saturated carbocycles. The lowest BCUT2D eigenvalue weighted by Gasteiger charge is -2.65. The number of halogens is 1. The number of hydrogen-bond acceptors (Lipinski definition) is 7. The van der Waals surface area contributed by atoms with Crippen molar-refractivity contribution in [2.75, 3.05) is 6.61 Å². The van der Waals surface area contributed by atoms with E-state index in [0.29, 0.717) is 18.9 Å². The number of fused-ring (bicyclic) bond motifs is 5. The Hall–Kier alpha value is -1.15. The second kappa shape index (κ2) is 11.4. The van der Waals surface area contributed by atoms with Crippen LogP contribution < -0.4 is 0 Å². The van der Waals surface area contributed by atoms with E-state index < -0.39 is 6.10 Å². The van der Waals surface area contributed by atoms with E-state index in [0.717, 1.165) is 44.9 Å². The maximum atomic E-state index is 12.4. The molecular formula is C30H47BrO7. The number of esters is 3. The van der Waals surface area contributed by atoms with Crippen LogP contribution in [-0.4, -0.2) is 52.8 Å². The Bertz CT molecular complexity index is 909. The molecule has 0 spiro atoms. The van der Waals surface area contributed by atoms with Gasteiger partial charge in [-0.05, 0) is 92.8 Å². The monoisotopic (exact) mass is 598 g/mol. The van der Waals surface area contributed by atoms with Crippen molar-refractivity contribution < 1.29 is 33.7 Å². The third kappa shape index (κ3) is 5.17. The average molecular weight is 600 g/mol. The van der Waals surface area contributed by atoms with Gasteiger partial charge in [0.15, 0.2) is 0 Å². The van der Waals surface area contributed by atoms with Gasteiger partial charge in [0.1, 0.15) is 12.2 Å². The first-order chi connectivity index (χ1) is 17.8. The van der Waals surface area contributed by atoms with Gasteiger partial charge in [-0.25, -0.2) is 0 Å². The molecule has 0 radical (unpaired) electrons. The predicted octanol–water partition coefficient (Wildman–Crippen LogP) is 5.44. The van der Waals surface area contributed by atoms with Gasteiger partial charge in [-0.3, -0.25) is 14.4 Å². The Morgan fingerprint density at radius 2 is 1.68 bits per heavy atom. The Morgan fingerprint density at radius 3 is 2.32 bits per heavy atom. The topological polar surface area (TPSA) is 99.1 Å². The summed E-state index contributed by atoms with van der Waals surface area (Å²) in [5.74, 6) is 0.595. The predicted molar refractivity (Wildman–Crippen MR) is 146 cm³/mol. The Balaban J connectivity index is 1.64. The van der Waals surface area contributed by atoms with Crippen LogP contribution in [0.15, 0.2) is 0 Å². The fourth-order valence-electron chi connectivity index (χ4n) is 9.57. The third-order valence-corrected chi connectivity index (χ3v) is 12.4. The molecule has 4 fully saturated rings. The normalized spacial score (nSPS) is 44.7. The van der Waals surface area contributed by atoms with E-state index in [-0.39, 0.29) is 75.4 Å². The van der Waals surface area contributed by atoms with E-state index in [2.05, 4.69) is 36.7 Å². The van der Waals surface area contributed by atoms with Crippen LogP contribution in [0.5, 0.6) is 0 Å². The van der Waals surface area contributed by atoms with Gasteiger partial charge in [0.05, 0.1) is 12.7 Å². The molecule has 4 aliphatic carbocycles. The highest BCUT2D eigenvalue weighted by Gasteiger charge is 2.68. The molecule has 0 bridgehead atoms. The molecule has 38 heavy (non-hydrogen) atoms. The summed E-state index contributed by atoms with van der Waals surface area (Å²) in [6, 6.07) is 0. The highest BCUT2D eigenvalue weighted by Crippen LogP contribution is 2.69.